The van der Waals surface area contributed by atoms with Crippen LogP contribution >= 0.6 is 0 Å². The maximum Gasteiger partial charge on any atom is 0.267 e. The van der Waals surface area contributed by atoms with Crippen molar-refractivity contribution in [2.24, 2.45) is 0 Å². The Bertz CT molecular complexity index is 500. The lowest BCUT2D eigenvalue weighted by Crippen LogP contribution is -2.46. The Morgan fingerprint density at radius 2 is 2.16 bits per heavy atom. The minimum atomic E-state index is -0.789. The van der Waals surface area contributed by atoms with Gasteiger partial charge in [-0.2, -0.15) is 0 Å². The first-order valence-electron chi connectivity index (χ1n) is 6.45. The summed E-state index contributed by atoms with van der Waals surface area (Å²) in [5.74, 6) is 1.14. The lowest BCUT2D eigenvalue weighted by Gasteiger charge is -2.29. The summed E-state index contributed by atoms with van der Waals surface area (Å²) >= 11 is 0. The molecule has 0 spiro atoms. The first kappa shape index (κ1) is 12.3. The number of hydrogen-bond acceptors (Lipinski definition) is 4. The van der Waals surface area contributed by atoms with Crippen molar-refractivity contribution >= 4 is 5.91 Å². The van der Waals surface area contributed by atoms with Crippen LogP contribution in [0.15, 0.2) is 24.3 Å². The Kier molecular flexibility index (Phi) is 2.86. The van der Waals surface area contributed by atoms with E-state index in [1.54, 1.807) is 17.9 Å². The highest BCUT2D eigenvalue weighted by molar-refractivity contribution is 5.82. The number of carbonyl (C=O) groups excluding carboxylic acids is 1. The number of rotatable bonds is 1. The third-order valence-corrected chi connectivity index (χ3v) is 3.55. The van der Waals surface area contributed by atoms with Crippen molar-refractivity contribution < 1.29 is 19.4 Å². The zero-order valence-corrected chi connectivity index (χ0v) is 10.8. The van der Waals surface area contributed by atoms with E-state index in [-0.39, 0.29) is 12.5 Å². The van der Waals surface area contributed by atoms with E-state index in [0.29, 0.717) is 31.0 Å². The summed E-state index contributed by atoms with van der Waals surface area (Å²) in [5, 5.41) is 9.90. The third-order valence-electron chi connectivity index (χ3n) is 3.55. The molecule has 1 aromatic rings. The number of nitrogens with zero attached hydrogens (tertiary/aromatic N) is 1. The van der Waals surface area contributed by atoms with Crippen LogP contribution in [0.3, 0.4) is 0 Å². The second kappa shape index (κ2) is 4.42. The lowest BCUT2D eigenvalue weighted by molar-refractivity contribution is -0.141. The second-order valence-electron chi connectivity index (χ2n) is 5.37. The highest BCUT2D eigenvalue weighted by atomic mass is 16.6. The molecule has 5 heteroatoms. The Balaban J connectivity index is 1.70. The molecule has 1 aromatic carbocycles. The molecule has 2 aliphatic heterocycles. The zero-order valence-electron chi connectivity index (χ0n) is 10.8. The highest BCUT2D eigenvalue weighted by Gasteiger charge is 2.38. The molecule has 2 unspecified atom stereocenters. The second-order valence-corrected chi connectivity index (χ2v) is 5.37. The summed E-state index contributed by atoms with van der Waals surface area (Å²) in [6.07, 6.45) is -0.0214. The standard InChI is InChI=1S/C14H17NO4/c1-14(17)6-7-15(9-14)13(16)12-8-18-10-4-2-3-5-11(10)19-12/h2-5,12,17H,6-9H2,1H3. The number of amides is 1. The highest BCUT2D eigenvalue weighted by Crippen LogP contribution is 2.32. The molecule has 1 fully saturated rings. The van der Waals surface area contributed by atoms with Gasteiger partial charge in [0.15, 0.2) is 11.5 Å². The van der Waals surface area contributed by atoms with Gasteiger partial charge in [0.2, 0.25) is 6.10 Å². The van der Waals surface area contributed by atoms with Gasteiger partial charge in [-0.3, -0.25) is 4.79 Å². The molecular weight excluding hydrogens is 246 g/mol. The number of ether oxygens (including phenoxy) is 2. The summed E-state index contributed by atoms with van der Waals surface area (Å²) in [6, 6.07) is 7.31. The molecule has 1 saturated heterocycles. The van der Waals surface area contributed by atoms with E-state index in [1.165, 1.54) is 0 Å². The molecule has 0 aromatic heterocycles. The fraction of sp³-hybridized carbons (Fsp3) is 0.500. The fourth-order valence-corrected chi connectivity index (χ4v) is 2.48. The molecule has 3 rings (SSSR count). The summed E-state index contributed by atoms with van der Waals surface area (Å²) in [7, 11) is 0. The number of aliphatic hydroxyl groups is 1. The van der Waals surface area contributed by atoms with Gasteiger partial charge in [0.05, 0.1) is 5.60 Å². The number of carbonyl (C=O) groups is 1. The van der Waals surface area contributed by atoms with Crippen molar-refractivity contribution in [3.8, 4) is 11.5 Å². The summed E-state index contributed by atoms with van der Waals surface area (Å²) in [4.78, 5) is 13.9. The molecule has 2 aliphatic rings. The zero-order chi connectivity index (χ0) is 13.5. The number of para-hydroxylation sites is 2. The van der Waals surface area contributed by atoms with E-state index in [1.807, 2.05) is 18.2 Å². The Hall–Kier alpha value is -1.75. The molecule has 0 bridgehead atoms. The lowest BCUT2D eigenvalue weighted by atomic mass is 10.1. The summed E-state index contributed by atoms with van der Waals surface area (Å²) in [5.41, 5.74) is -0.789. The number of likely N-dealkylation sites (tertiary alicyclic amines) is 1. The molecule has 19 heavy (non-hydrogen) atoms. The molecular formula is C14H17NO4. The molecule has 0 radical (unpaired) electrons. The van der Waals surface area contributed by atoms with Crippen molar-refractivity contribution in [2.45, 2.75) is 25.0 Å². The number of fused-ring (bicyclic) bond motifs is 1. The maximum absolute atomic E-state index is 12.3. The van der Waals surface area contributed by atoms with E-state index in [0.717, 1.165) is 0 Å². The monoisotopic (exact) mass is 263 g/mol. The number of β-amino-alcohol motifs (C(OH)–C–C–N with tert-alkyl or cyclic N) is 1. The van der Waals surface area contributed by atoms with E-state index >= 15 is 0 Å². The van der Waals surface area contributed by atoms with Gasteiger partial charge in [-0.15, -0.1) is 0 Å². The molecule has 1 N–H and O–H groups in total. The molecule has 5 nitrogen and oxygen atoms in total. The van der Waals surface area contributed by atoms with Crippen molar-refractivity contribution in [3.63, 3.8) is 0 Å². The van der Waals surface area contributed by atoms with Gasteiger partial charge in [0.25, 0.3) is 5.91 Å². The van der Waals surface area contributed by atoms with Gasteiger partial charge in [-0.25, -0.2) is 0 Å². The first-order chi connectivity index (χ1) is 9.05. The molecule has 2 heterocycles. The molecule has 102 valence electrons. The van der Waals surface area contributed by atoms with Crippen LogP contribution in [0.4, 0.5) is 0 Å². The SMILES string of the molecule is CC1(O)CCN(C(=O)C2COc3ccccc3O2)C1. The van der Waals surface area contributed by atoms with Crippen molar-refractivity contribution in [1.29, 1.82) is 0 Å². The van der Waals surface area contributed by atoms with Gasteiger partial charge < -0.3 is 19.5 Å². The van der Waals surface area contributed by atoms with Gasteiger partial charge >= 0.3 is 0 Å². The molecule has 0 aliphatic carbocycles. The van der Waals surface area contributed by atoms with E-state index in [2.05, 4.69) is 0 Å². The number of hydrogen-bond donors (Lipinski definition) is 1. The minimum absolute atomic E-state index is 0.118. The molecule has 2 atom stereocenters. The predicted octanol–water partition coefficient (Wildman–Crippen LogP) is 0.810. The normalized spacial score (nSPS) is 29.4. The van der Waals surface area contributed by atoms with Crippen LogP contribution in [0.5, 0.6) is 11.5 Å². The van der Waals surface area contributed by atoms with Gasteiger partial charge in [-0.1, -0.05) is 12.1 Å². The van der Waals surface area contributed by atoms with Gasteiger partial charge in [-0.05, 0) is 25.5 Å². The Labute approximate surface area is 111 Å². The van der Waals surface area contributed by atoms with Crippen LogP contribution in [0, 0.1) is 0 Å². The summed E-state index contributed by atoms with van der Waals surface area (Å²) in [6.45, 7) is 2.88. The Morgan fingerprint density at radius 1 is 1.42 bits per heavy atom. The van der Waals surface area contributed by atoms with Crippen molar-refractivity contribution in [1.82, 2.24) is 4.90 Å². The minimum Gasteiger partial charge on any atom is -0.485 e. The average molecular weight is 263 g/mol. The largest absolute Gasteiger partial charge is 0.485 e. The van der Waals surface area contributed by atoms with Crippen LogP contribution in [-0.2, 0) is 4.79 Å². The Morgan fingerprint density at radius 3 is 2.84 bits per heavy atom. The van der Waals surface area contributed by atoms with E-state index in [4.69, 9.17) is 9.47 Å². The van der Waals surface area contributed by atoms with Crippen LogP contribution in [0.1, 0.15) is 13.3 Å². The quantitative estimate of drug-likeness (QED) is 0.814. The average Bonchev–Trinajstić information content (AvgIpc) is 2.78. The van der Waals surface area contributed by atoms with Gasteiger partial charge in [0.1, 0.15) is 6.61 Å². The van der Waals surface area contributed by atoms with Crippen molar-refractivity contribution in [3.05, 3.63) is 24.3 Å². The summed E-state index contributed by atoms with van der Waals surface area (Å²) < 4.78 is 11.2. The van der Waals surface area contributed by atoms with E-state index < -0.39 is 11.7 Å². The van der Waals surface area contributed by atoms with Crippen molar-refractivity contribution in [2.75, 3.05) is 19.7 Å². The van der Waals surface area contributed by atoms with Crippen LogP contribution in [0.25, 0.3) is 0 Å². The molecule has 0 saturated carbocycles. The number of benzene rings is 1. The van der Waals surface area contributed by atoms with Crippen LogP contribution < -0.4 is 9.47 Å². The molecule has 1 amide bonds. The first-order valence-corrected chi connectivity index (χ1v) is 6.45. The predicted molar refractivity (Wildman–Crippen MR) is 68.2 cm³/mol. The van der Waals surface area contributed by atoms with Crippen LogP contribution in [0.2, 0.25) is 0 Å². The third kappa shape index (κ3) is 2.38. The fourth-order valence-electron chi connectivity index (χ4n) is 2.48. The topological polar surface area (TPSA) is 59.0 Å². The maximum atomic E-state index is 12.3. The van der Waals surface area contributed by atoms with Gasteiger partial charge in [0, 0.05) is 13.1 Å². The van der Waals surface area contributed by atoms with E-state index in [9.17, 15) is 9.90 Å². The van der Waals surface area contributed by atoms with Crippen LogP contribution in [-0.4, -0.2) is 47.3 Å². The smallest absolute Gasteiger partial charge is 0.267 e.